The topological polar surface area (TPSA) is 56.9 Å². The van der Waals surface area contributed by atoms with Crippen LogP contribution in [-0.2, 0) is 0 Å². The predicted octanol–water partition coefficient (Wildman–Crippen LogP) is 2.63. The lowest BCUT2D eigenvalue weighted by Crippen LogP contribution is -1.89. The molecule has 0 saturated heterocycles. The molecule has 0 aliphatic carbocycles. The molecule has 0 aliphatic heterocycles. The minimum absolute atomic E-state index is 0.191. The van der Waals surface area contributed by atoms with Crippen LogP contribution in [0.25, 0.3) is 11.1 Å². The fourth-order valence-corrected chi connectivity index (χ4v) is 1.56. The smallest absolute Gasteiger partial charge is 0.116 e. The highest BCUT2D eigenvalue weighted by atomic mass is 16.3. The number of hydrogen-bond donors (Lipinski definition) is 1. The van der Waals surface area contributed by atoms with Crippen LogP contribution < -0.4 is 0 Å². The average molecular weight is 210 g/mol. The molecule has 0 bridgehead atoms. The number of hydrogen-bond acceptors (Lipinski definition) is 3. The maximum atomic E-state index is 9.41. The second kappa shape index (κ2) is 4.03. The standard InChI is InChI=1S/C13H10N2O/c1-9-5-13(11(7-14)8-15-9)10-3-2-4-12(16)6-10/h2-6,8,16H,1H3. The van der Waals surface area contributed by atoms with E-state index in [0.717, 1.165) is 16.8 Å². The molecule has 2 rings (SSSR count). The largest absolute Gasteiger partial charge is 0.508 e. The SMILES string of the molecule is Cc1cc(-c2cccc(O)c2)c(C#N)cn1. The maximum absolute atomic E-state index is 9.41. The number of aromatic nitrogens is 1. The Bertz CT molecular complexity index is 570. The van der Waals surface area contributed by atoms with Gasteiger partial charge >= 0.3 is 0 Å². The van der Waals surface area contributed by atoms with E-state index in [1.165, 1.54) is 0 Å². The molecule has 0 unspecified atom stereocenters. The summed E-state index contributed by atoms with van der Waals surface area (Å²) >= 11 is 0. The molecule has 3 heteroatoms. The molecule has 0 radical (unpaired) electrons. The number of aromatic hydroxyl groups is 1. The normalized spacial score (nSPS) is 9.75. The lowest BCUT2D eigenvalue weighted by Gasteiger charge is -2.05. The second-order valence-electron chi connectivity index (χ2n) is 3.53. The Hall–Kier alpha value is -2.34. The first-order valence-electron chi connectivity index (χ1n) is 4.87. The molecule has 0 spiro atoms. The van der Waals surface area contributed by atoms with Gasteiger partial charge in [0, 0.05) is 17.5 Å². The fourth-order valence-electron chi connectivity index (χ4n) is 1.56. The van der Waals surface area contributed by atoms with Crippen molar-refractivity contribution in [3.8, 4) is 22.9 Å². The molecule has 2 aromatic rings. The molecule has 1 aromatic carbocycles. The van der Waals surface area contributed by atoms with Gasteiger partial charge in [-0.05, 0) is 30.7 Å². The van der Waals surface area contributed by atoms with E-state index in [0.29, 0.717) is 5.56 Å². The van der Waals surface area contributed by atoms with Gasteiger partial charge in [0.1, 0.15) is 11.8 Å². The quantitative estimate of drug-likeness (QED) is 0.787. The third kappa shape index (κ3) is 1.86. The van der Waals surface area contributed by atoms with E-state index in [4.69, 9.17) is 5.26 Å². The van der Waals surface area contributed by atoms with Crippen molar-refractivity contribution in [1.82, 2.24) is 4.98 Å². The molecule has 1 aromatic heterocycles. The third-order valence-electron chi connectivity index (χ3n) is 2.32. The molecule has 1 heterocycles. The highest BCUT2D eigenvalue weighted by Crippen LogP contribution is 2.26. The highest BCUT2D eigenvalue weighted by Gasteiger charge is 2.06. The van der Waals surface area contributed by atoms with Crippen molar-refractivity contribution in [1.29, 1.82) is 5.26 Å². The molecule has 0 fully saturated rings. The van der Waals surface area contributed by atoms with Gasteiger partial charge in [-0.2, -0.15) is 5.26 Å². The number of rotatable bonds is 1. The van der Waals surface area contributed by atoms with E-state index in [-0.39, 0.29) is 5.75 Å². The van der Waals surface area contributed by atoms with Gasteiger partial charge in [0.05, 0.1) is 5.56 Å². The maximum Gasteiger partial charge on any atom is 0.116 e. The van der Waals surface area contributed by atoms with E-state index in [2.05, 4.69) is 11.1 Å². The molecule has 16 heavy (non-hydrogen) atoms. The fraction of sp³-hybridized carbons (Fsp3) is 0.0769. The average Bonchev–Trinajstić information content (AvgIpc) is 2.29. The second-order valence-corrected chi connectivity index (χ2v) is 3.53. The first kappa shape index (κ1) is 10.2. The zero-order valence-electron chi connectivity index (χ0n) is 8.81. The Kier molecular flexibility index (Phi) is 2.57. The van der Waals surface area contributed by atoms with E-state index in [9.17, 15) is 5.11 Å². The van der Waals surface area contributed by atoms with Crippen LogP contribution in [0, 0.1) is 18.3 Å². The van der Waals surface area contributed by atoms with Gasteiger partial charge in [0.25, 0.3) is 0 Å². The number of nitriles is 1. The highest BCUT2D eigenvalue weighted by molar-refractivity contribution is 5.71. The number of aryl methyl sites for hydroxylation is 1. The van der Waals surface area contributed by atoms with Gasteiger partial charge in [-0.25, -0.2) is 0 Å². The summed E-state index contributed by atoms with van der Waals surface area (Å²) in [5.74, 6) is 0.191. The van der Waals surface area contributed by atoms with Crippen molar-refractivity contribution in [2.75, 3.05) is 0 Å². The number of benzene rings is 1. The predicted molar refractivity (Wildman–Crippen MR) is 60.8 cm³/mol. The molecular formula is C13H10N2O. The van der Waals surface area contributed by atoms with Crippen molar-refractivity contribution in [2.45, 2.75) is 6.92 Å². The first-order valence-corrected chi connectivity index (χ1v) is 4.87. The Labute approximate surface area is 93.6 Å². The van der Waals surface area contributed by atoms with Gasteiger partial charge in [-0.3, -0.25) is 4.98 Å². The van der Waals surface area contributed by atoms with Crippen LogP contribution >= 0.6 is 0 Å². The minimum atomic E-state index is 0.191. The Morgan fingerprint density at radius 3 is 2.81 bits per heavy atom. The summed E-state index contributed by atoms with van der Waals surface area (Å²) in [5.41, 5.74) is 2.97. The first-order chi connectivity index (χ1) is 7.70. The summed E-state index contributed by atoms with van der Waals surface area (Å²) in [6.45, 7) is 1.87. The van der Waals surface area contributed by atoms with Crippen molar-refractivity contribution in [3.05, 3.63) is 47.8 Å². The summed E-state index contributed by atoms with van der Waals surface area (Å²) in [5, 5.41) is 18.4. The molecule has 78 valence electrons. The van der Waals surface area contributed by atoms with Crippen molar-refractivity contribution in [3.63, 3.8) is 0 Å². The molecule has 0 aliphatic rings. The van der Waals surface area contributed by atoms with E-state index < -0.39 is 0 Å². The molecule has 0 atom stereocenters. The van der Waals surface area contributed by atoms with Crippen molar-refractivity contribution < 1.29 is 5.11 Å². The molecular weight excluding hydrogens is 200 g/mol. The van der Waals surface area contributed by atoms with E-state index in [1.54, 1.807) is 24.4 Å². The van der Waals surface area contributed by atoms with Gasteiger partial charge in [0.2, 0.25) is 0 Å². The van der Waals surface area contributed by atoms with Crippen LogP contribution in [0.2, 0.25) is 0 Å². The van der Waals surface area contributed by atoms with Gasteiger partial charge in [-0.1, -0.05) is 12.1 Å². The van der Waals surface area contributed by atoms with Crippen LogP contribution in [-0.4, -0.2) is 10.1 Å². The zero-order valence-corrected chi connectivity index (χ0v) is 8.81. The van der Waals surface area contributed by atoms with Crippen LogP contribution in [0.4, 0.5) is 0 Å². The molecule has 0 amide bonds. The molecule has 1 N–H and O–H groups in total. The van der Waals surface area contributed by atoms with Gasteiger partial charge < -0.3 is 5.11 Å². The Balaban J connectivity index is 2.64. The van der Waals surface area contributed by atoms with Gasteiger partial charge in [-0.15, -0.1) is 0 Å². The van der Waals surface area contributed by atoms with Crippen molar-refractivity contribution in [2.24, 2.45) is 0 Å². The number of pyridine rings is 1. The summed E-state index contributed by atoms with van der Waals surface area (Å²) in [6.07, 6.45) is 1.55. The Morgan fingerprint density at radius 2 is 2.12 bits per heavy atom. The van der Waals surface area contributed by atoms with Crippen LogP contribution in [0.1, 0.15) is 11.3 Å². The lowest BCUT2D eigenvalue weighted by atomic mass is 10.0. The lowest BCUT2D eigenvalue weighted by molar-refractivity contribution is 0.475. The van der Waals surface area contributed by atoms with Crippen LogP contribution in [0.5, 0.6) is 5.75 Å². The minimum Gasteiger partial charge on any atom is -0.508 e. The summed E-state index contributed by atoms with van der Waals surface area (Å²) in [6, 6.07) is 10.8. The molecule has 0 saturated carbocycles. The summed E-state index contributed by atoms with van der Waals surface area (Å²) in [4.78, 5) is 4.07. The third-order valence-corrected chi connectivity index (χ3v) is 2.32. The van der Waals surface area contributed by atoms with Crippen LogP contribution in [0.3, 0.4) is 0 Å². The van der Waals surface area contributed by atoms with Crippen molar-refractivity contribution >= 4 is 0 Å². The summed E-state index contributed by atoms with van der Waals surface area (Å²) < 4.78 is 0. The number of nitrogens with zero attached hydrogens (tertiary/aromatic N) is 2. The summed E-state index contributed by atoms with van der Waals surface area (Å²) in [7, 11) is 0. The zero-order chi connectivity index (χ0) is 11.5. The van der Waals surface area contributed by atoms with Gasteiger partial charge in [0.15, 0.2) is 0 Å². The van der Waals surface area contributed by atoms with E-state index >= 15 is 0 Å². The van der Waals surface area contributed by atoms with Crippen LogP contribution in [0.15, 0.2) is 36.5 Å². The Morgan fingerprint density at radius 1 is 1.31 bits per heavy atom. The number of phenolic OH excluding ortho intramolecular Hbond substituents is 1. The molecule has 3 nitrogen and oxygen atoms in total. The van der Waals surface area contributed by atoms with E-state index in [1.807, 2.05) is 19.1 Å². The number of phenols is 1. The monoisotopic (exact) mass is 210 g/mol.